The summed E-state index contributed by atoms with van der Waals surface area (Å²) in [5.74, 6) is -4.06. The third-order valence-corrected chi connectivity index (χ3v) is 3.48. The monoisotopic (exact) mass is 281 g/mol. The molecule has 0 aromatic rings. The molecule has 110 valence electrons. The minimum atomic E-state index is -4.29. The van der Waals surface area contributed by atoms with Crippen molar-refractivity contribution >= 4 is 11.9 Å². The van der Waals surface area contributed by atoms with Crippen LogP contribution in [0.4, 0.5) is 13.2 Å². The molecule has 7 heteroatoms. The molecule has 0 aromatic heterocycles. The van der Waals surface area contributed by atoms with Gasteiger partial charge in [-0.15, -0.1) is 0 Å². The highest BCUT2D eigenvalue weighted by molar-refractivity contribution is 5.87. The molecule has 1 aliphatic rings. The van der Waals surface area contributed by atoms with Gasteiger partial charge in [-0.25, -0.2) is 4.79 Å². The van der Waals surface area contributed by atoms with Crippen LogP contribution in [0.5, 0.6) is 0 Å². The summed E-state index contributed by atoms with van der Waals surface area (Å²) in [6.07, 6.45) is -3.81. The number of nitrogens with one attached hydrogen (secondary N) is 1. The molecule has 0 aliphatic heterocycles. The summed E-state index contributed by atoms with van der Waals surface area (Å²) in [5, 5.41) is 11.2. The van der Waals surface area contributed by atoms with Crippen molar-refractivity contribution < 1.29 is 27.9 Å². The average molecular weight is 281 g/mol. The number of halogens is 3. The van der Waals surface area contributed by atoms with Crippen molar-refractivity contribution in [1.82, 2.24) is 5.32 Å². The van der Waals surface area contributed by atoms with Gasteiger partial charge in [-0.05, 0) is 33.1 Å². The minimum Gasteiger partial charge on any atom is -0.480 e. The molecule has 4 nitrogen and oxygen atoms in total. The van der Waals surface area contributed by atoms with Gasteiger partial charge in [-0.1, -0.05) is 6.42 Å². The maximum atomic E-state index is 12.6. The topological polar surface area (TPSA) is 66.4 Å². The first-order valence-corrected chi connectivity index (χ1v) is 6.16. The van der Waals surface area contributed by atoms with Crippen LogP contribution in [0.3, 0.4) is 0 Å². The van der Waals surface area contributed by atoms with Gasteiger partial charge in [0.1, 0.15) is 5.54 Å². The lowest BCUT2D eigenvalue weighted by atomic mass is 9.80. The van der Waals surface area contributed by atoms with Crippen LogP contribution in [-0.4, -0.2) is 28.7 Å². The van der Waals surface area contributed by atoms with Gasteiger partial charge in [0.2, 0.25) is 5.91 Å². The van der Waals surface area contributed by atoms with E-state index in [2.05, 4.69) is 5.32 Å². The van der Waals surface area contributed by atoms with Gasteiger partial charge >= 0.3 is 12.1 Å². The van der Waals surface area contributed by atoms with Crippen molar-refractivity contribution in [2.24, 2.45) is 11.8 Å². The van der Waals surface area contributed by atoms with Gasteiger partial charge in [-0.3, -0.25) is 4.79 Å². The van der Waals surface area contributed by atoms with Crippen LogP contribution in [0, 0.1) is 11.8 Å². The van der Waals surface area contributed by atoms with Crippen molar-refractivity contribution in [3.8, 4) is 0 Å². The molecule has 1 rings (SSSR count). The highest BCUT2D eigenvalue weighted by atomic mass is 19.4. The molecule has 1 fully saturated rings. The van der Waals surface area contributed by atoms with Gasteiger partial charge in [-0.2, -0.15) is 13.2 Å². The van der Waals surface area contributed by atoms with E-state index >= 15 is 0 Å². The van der Waals surface area contributed by atoms with Crippen LogP contribution in [0.15, 0.2) is 0 Å². The molecule has 0 bridgehead atoms. The van der Waals surface area contributed by atoms with Crippen molar-refractivity contribution in [2.75, 3.05) is 0 Å². The van der Waals surface area contributed by atoms with Gasteiger partial charge < -0.3 is 10.4 Å². The Hall–Kier alpha value is -1.27. The molecule has 0 aromatic carbocycles. The summed E-state index contributed by atoms with van der Waals surface area (Å²) >= 11 is 0. The number of carboxylic acid groups (broad SMARTS) is 1. The molecule has 19 heavy (non-hydrogen) atoms. The third-order valence-electron chi connectivity index (χ3n) is 3.48. The lowest BCUT2D eigenvalue weighted by molar-refractivity contribution is -0.186. The average Bonchev–Trinajstić information content (AvgIpc) is 2.27. The zero-order valence-electron chi connectivity index (χ0n) is 10.9. The van der Waals surface area contributed by atoms with Crippen LogP contribution >= 0.6 is 0 Å². The van der Waals surface area contributed by atoms with Crippen molar-refractivity contribution in [3.05, 3.63) is 0 Å². The predicted octanol–water partition coefficient (Wildman–Crippen LogP) is 2.33. The second kappa shape index (κ2) is 5.38. The lowest BCUT2D eigenvalue weighted by Crippen LogP contribution is -2.52. The number of hydrogen-bond acceptors (Lipinski definition) is 2. The number of amides is 1. The van der Waals surface area contributed by atoms with E-state index < -0.39 is 35.4 Å². The van der Waals surface area contributed by atoms with Crippen molar-refractivity contribution in [1.29, 1.82) is 0 Å². The fourth-order valence-corrected chi connectivity index (χ4v) is 2.19. The molecule has 0 saturated heterocycles. The van der Waals surface area contributed by atoms with Gasteiger partial charge in [0.15, 0.2) is 0 Å². The van der Waals surface area contributed by atoms with E-state index in [9.17, 15) is 22.8 Å². The predicted molar refractivity (Wildman–Crippen MR) is 61.4 cm³/mol. The van der Waals surface area contributed by atoms with E-state index in [1.807, 2.05) is 0 Å². The number of carbonyl (C=O) groups is 2. The van der Waals surface area contributed by atoms with Gasteiger partial charge in [0.25, 0.3) is 0 Å². The minimum absolute atomic E-state index is 0.0373. The zero-order chi connectivity index (χ0) is 14.8. The Balaban J connectivity index is 2.65. The summed E-state index contributed by atoms with van der Waals surface area (Å²) < 4.78 is 37.9. The standard InChI is InChI=1S/C12H18F3NO3/c1-11(2,10(18)19)16-9(17)7-4-3-5-8(6-7)12(13,14)15/h7-8H,3-6H2,1-2H3,(H,16,17)(H,18,19). The molecule has 2 unspecified atom stereocenters. The first kappa shape index (κ1) is 15.8. The van der Waals surface area contributed by atoms with E-state index in [1.54, 1.807) is 0 Å². The Morgan fingerprint density at radius 3 is 2.26 bits per heavy atom. The normalized spacial score (nSPS) is 24.9. The summed E-state index contributed by atoms with van der Waals surface area (Å²) in [5.41, 5.74) is -1.47. The third kappa shape index (κ3) is 4.11. The molecular formula is C12H18F3NO3. The number of aliphatic carboxylic acids is 1. The summed E-state index contributed by atoms with van der Waals surface area (Å²) in [6, 6.07) is 0. The SMILES string of the molecule is CC(C)(NC(=O)C1CCCC(C(F)(F)F)C1)C(=O)O. The number of carboxylic acids is 1. The van der Waals surface area contributed by atoms with Crippen LogP contribution in [-0.2, 0) is 9.59 Å². The second-order valence-electron chi connectivity index (χ2n) is 5.52. The van der Waals surface area contributed by atoms with Crippen LogP contribution < -0.4 is 5.32 Å². The Morgan fingerprint density at radius 1 is 1.21 bits per heavy atom. The number of carbonyl (C=O) groups excluding carboxylic acids is 1. The molecule has 0 radical (unpaired) electrons. The largest absolute Gasteiger partial charge is 0.480 e. The Bertz CT molecular complexity index is 366. The van der Waals surface area contributed by atoms with Gasteiger partial charge in [0.05, 0.1) is 5.92 Å². The summed E-state index contributed by atoms with van der Waals surface area (Å²) in [4.78, 5) is 22.7. The van der Waals surface area contributed by atoms with E-state index in [1.165, 1.54) is 13.8 Å². The Kier molecular flexibility index (Phi) is 4.47. The molecule has 0 heterocycles. The molecule has 1 aliphatic carbocycles. The fraction of sp³-hybridized carbons (Fsp3) is 0.833. The molecular weight excluding hydrogens is 263 g/mol. The summed E-state index contributed by atoms with van der Waals surface area (Å²) in [6.45, 7) is 2.61. The van der Waals surface area contributed by atoms with E-state index in [0.717, 1.165) is 0 Å². The number of rotatable bonds is 3. The number of alkyl halides is 3. The lowest BCUT2D eigenvalue weighted by Gasteiger charge is -2.31. The van der Waals surface area contributed by atoms with E-state index in [4.69, 9.17) is 5.11 Å². The first-order valence-electron chi connectivity index (χ1n) is 6.16. The maximum absolute atomic E-state index is 12.6. The van der Waals surface area contributed by atoms with E-state index in [0.29, 0.717) is 12.8 Å². The van der Waals surface area contributed by atoms with Crippen molar-refractivity contribution in [3.63, 3.8) is 0 Å². The van der Waals surface area contributed by atoms with E-state index in [-0.39, 0.29) is 12.8 Å². The Labute approximate surface area is 109 Å². The van der Waals surface area contributed by atoms with Crippen LogP contribution in [0.1, 0.15) is 39.5 Å². The molecule has 2 atom stereocenters. The van der Waals surface area contributed by atoms with Crippen LogP contribution in [0.2, 0.25) is 0 Å². The molecule has 1 saturated carbocycles. The number of hydrogen-bond donors (Lipinski definition) is 2. The molecule has 1 amide bonds. The maximum Gasteiger partial charge on any atom is 0.391 e. The highest BCUT2D eigenvalue weighted by Crippen LogP contribution is 2.40. The zero-order valence-corrected chi connectivity index (χ0v) is 10.9. The van der Waals surface area contributed by atoms with Crippen molar-refractivity contribution in [2.45, 2.75) is 51.2 Å². The Morgan fingerprint density at radius 2 is 1.79 bits per heavy atom. The highest BCUT2D eigenvalue weighted by Gasteiger charge is 2.44. The van der Waals surface area contributed by atoms with Gasteiger partial charge in [0, 0.05) is 5.92 Å². The molecule has 0 spiro atoms. The van der Waals surface area contributed by atoms with Crippen LogP contribution in [0.25, 0.3) is 0 Å². The first-order chi connectivity index (χ1) is 8.54. The smallest absolute Gasteiger partial charge is 0.391 e. The quantitative estimate of drug-likeness (QED) is 0.834. The fourth-order valence-electron chi connectivity index (χ4n) is 2.19. The summed E-state index contributed by atoms with van der Waals surface area (Å²) in [7, 11) is 0. The second-order valence-corrected chi connectivity index (χ2v) is 5.52. The molecule has 2 N–H and O–H groups in total.